The van der Waals surface area contributed by atoms with Gasteiger partial charge in [0, 0.05) is 12.2 Å². The Kier molecular flexibility index (Phi) is 5.80. The molecule has 0 aliphatic rings. The highest BCUT2D eigenvalue weighted by molar-refractivity contribution is 5.89. The molecule has 0 saturated heterocycles. The molecule has 3 N–H and O–H groups in total. The summed E-state index contributed by atoms with van der Waals surface area (Å²) in [5, 5.41) is 15.1. The standard InChI is InChI=1S/C17H20N2O3/c1-13-6-5-7-14(10-13)19-17(21)18-11-15(20)12-22-16-8-3-2-4-9-16/h2-10,15,20H,11-12H2,1H3,(H2,18,19,21)/t15-/m1/s1. The Labute approximate surface area is 129 Å². The number of carbonyl (C=O) groups is 1. The SMILES string of the molecule is Cc1cccc(NC(=O)NC[C@@H](O)COc2ccccc2)c1. The lowest BCUT2D eigenvalue weighted by Gasteiger charge is -2.14. The van der Waals surface area contributed by atoms with Gasteiger partial charge in [-0.15, -0.1) is 0 Å². The van der Waals surface area contributed by atoms with Crippen molar-refractivity contribution in [1.29, 1.82) is 0 Å². The summed E-state index contributed by atoms with van der Waals surface area (Å²) in [6.45, 7) is 2.19. The van der Waals surface area contributed by atoms with Crippen molar-refractivity contribution in [3.05, 3.63) is 60.2 Å². The second kappa shape index (κ2) is 8.05. The lowest BCUT2D eigenvalue weighted by atomic mass is 10.2. The third-order valence-electron chi connectivity index (χ3n) is 2.96. The Bertz CT molecular complexity index is 602. The van der Waals surface area contributed by atoms with E-state index in [9.17, 15) is 9.90 Å². The van der Waals surface area contributed by atoms with Crippen LogP contribution in [0.2, 0.25) is 0 Å². The first-order valence-corrected chi connectivity index (χ1v) is 7.11. The molecular weight excluding hydrogens is 280 g/mol. The normalized spacial score (nSPS) is 11.5. The molecule has 0 saturated carbocycles. The van der Waals surface area contributed by atoms with Crippen LogP contribution in [0.1, 0.15) is 5.56 Å². The van der Waals surface area contributed by atoms with Crippen LogP contribution in [0.15, 0.2) is 54.6 Å². The molecule has 2 aromatic rings. The first-order valence-electron chi connectivity index (χ1n) is 7.11. The van der Waals surface area contributed by atoms with E-state index in [1.165, 1.54) is 0 Å². The minimum absolute atomic E-state index is 0.116. The summed E-state index contributed by atoms with van der Waals surface area (Å²) in [7, 11) is 0. The summed E-state index contributed by atoms with van der Waals surface area (Å²) in [6, 6.07) is 16.4. The predicted molar refractivity (Wildman–Crippen MR) is 86.1 cm³/mol. The van der Waals surface area contributed by atoms with E-state index in [1.807, 2.05) is 61.5 Å². The molecule has 2 rings (SSSR count). The molecular formula is C17H20N2O3. The number of anilines is 1. The van der Waals surface area contributed by atoms with Gasteiger partial charge in [-0.2, -0.15) is 0 Å². The van der Waals surface area contributed by atoms with Gasteiger partial charge in [0.1, 0.15) is 18.5 Å². The van der Waals surface area contributed by atoms with Crippen LogP contribution in [0.25, 0.3) is 0 Å². The molecule has 22 heavy (non-hydrogen) atoms. The van der Waals surface area contributed by atoms with Crippen molar-refractivity contribution in [2.45, 2.75) is 13.0 Å². The Morgan fingerprint density at radius 3 is 2.68 bits per heavy atom. The number of carbonyl (C=O) groups excluding carboxylic acids is 1. The van der Waals surface area contributed by atoms with Crippen LogP contribution in [0.5, 0.6) is 5.75 Å². The molecule has 0 spiro atoms. The molecule has 0 aliphatic carbocycles. The number of nitrogens with one attached hydrogen (secondary N) is 2. The highest BCUT2D eigenvalue weighted by Gasteiger charge is 2.08. The van der Waals surface area contributed by atoms with Gasteiger partial charge < -0.3 is 20.5 Å². The maximum Gasteiger partial charge on any atom is 0.319 e. The fourth-order valence-electron chi connectivity index (χ4n) is 1.88. The van der Waals surface area contributed by atoms with Crippen molar-refractivity contribution in [2.24, 2.45) is 0 Å². The number of rotatable bonds is 6. The van der Waals surface area contributed by atoms with Gasteiger partial charge in [-0.1, -0.05) is 30.3 Å². The molecule has 2 amide bonds. The second-order valence-electron chi connectivity index (χ2n) is 4.98. The van der Waals surface area contributed by atoms with E-state index in [1.54, 1.807) is 0 Å². The van der Waals surface area contributed by atoms with Crippen molar-refractivity contribution in [2.75, 3.05) is 18.5 Å². The maximum absolute atomic E-state index is 11.7. The lowest BCUT2D eigenvalue weighted by molar-refractivity contribution is 0.108. The van der Waals surface area contributed by atoms with E-state index >= 15 is 0 Å². The molecule has 5 nitrogen and oxygen atoms in total. The molecule has 0 fully saturated rings. The Hall–Kier alpha value is -2.53. The molecule has 5 heteroatoms. The number of ether oxygens (including phenoxy) is 1. The average molecular weight is 300 g/mol. The summed E-state index contributed by atoms with van der Waals surface area (Å²) in [5.41, 5.74) is 1.78. The molecule has 0 radical (unpaired) electrons. The van der Waals surface area contributed by atoms with Crippen molar-refractivity contribution in [1.82, 2.24) is 5.32 Å². The van der Waals surface area contributed by atoms with Crippen molar-refractivity contribution in [3.8, 4) is 5.75 Å². The van der Waals surface area contributed by atoms with E-state index in [2.05, 4.69) is 10.6 Å². The number of urea groups is 1. The largest absolute Gasteiger partial charge is 0.491 e. The quantitative estimate of drug-likeness (QED) is 0.768. The first-order chi connectivity index (χ1) is 10.6. The zero-order valence-corrected chi connectivity index (χ0v) is 12.5. The summed E-state index contributed by atoms with van der Waals surface area (Å²) in [4.78, 5) is 11.7. The maximum atomic E-state index is 11.7. The molecule has 0 unspecified atom stereocenters. The van der Waals surface area contributed by atoms with Crippen molar-refractivity contribution in [3.63, 3.8) is 0 Å². The first kappa shape index (κ1) is 15.9. The van der Waals surface area contributed by atoms with Crippen molar-refractivity contribution >= 4 is 11.7 Å². The third kappa shape index (κ3) is 5.46. The van der Waals surface area contributed by atoms with Gasteiger partial charge in [0.05, 0.1) is 0 Å². The molecule has 116 valence electrons. The minimum atomic E-state index is -0.775. The van der Waals surface area contributed by atoms with Crippen molar-refractivity contribution < 1.29 is 14.6 Å². The van der Waals surface area contributed by atoms with E-state index in [-0.39, 0.29) is 19.2 Å². The van der Waals surface area contributed by atoms with Gasteiger partial charge in [-0.25, -0.2) is 4.79 Å². The zero-order valence-electron chi connectivity index (χ0n) is 12.5. The van der Waals surface area contributed by atoms with Gasteiger partial charge in [0.25, 0.3) is 0 Å². The van der Waals surface area contributed by atoms with Crippen LogP contribution in [-0.4, -0.2) is 30.4 Å². The lowest BCUT2D eigenvalue weighted by Crippen LogP contribution is -2.37. The molecule has 0 bridgehead atoms. The topological polar surface area (TPSA) is 70.6 Å². The van der Waals surface area contributed by atoms with E-state index in [4.69, 9.17) is 4.74 Å². The van der Waals surface area contributed by atoms with Crippen LogP contribution in [0, 0.1) is 6.92 Å². The summed E-state index contributed by atoms with van der Waals surface area (Å²) >= 11 is 0. The van der Waals surface area contributed by atoms with Gasteiger partial charge in [-0.05, 0) is 36.8 Å². The zero-order chi connectivity index (χ0) is 15.8. The van der Waals surface area contributed by atoms with Crippen LogP contribution in [0.3, 0.4) is 0 Å². The highest BCUT2D eigenvalue weighted by Crippen LogP contribution is 2.09. The molecule has 0 heterocycles. The number of aliphatic hydroxyl groups excluding tert-OH is 1. The van der Waals surface area contributed by atoms with E-state index in [0.29, 0.717) is 11.4 Å². The fraction of sp³-hybridized carbons (Fsp3) is 0.235. The monoisotopic (exact) mass is 300 g/mol. The fourth-order valence-corrected chi connectivity index (χ4v) is 1.88. The minimum Gasteiger partial charge on any atom is -0.491 e. The number of aryl methyl sites for hydroxylation is 1. The number of aliphatic hydroxyl groups is 1. The highest BCUT2D eigenvalue weighted by atomic mass is 16.5. The average Bonchev–Trinajstić information content (AvgIpc) is 2.52. The number of hydrogen-bond donors (Lipinski definition) is 3. The van der Waals surface area contributed by atoms with Gasteiger partial charge in [-0.3, -0.25) is 0 Å². The van der Waals surface area contributed by atoms with Crippen LogP contribution < -0.4 is 15.4 Å². The molecule has 0 aliphatic heterocycles. The number of amides is 2. The van der Waals surface area contributed by atoms with Crippen LogP contribution >= 0.6 is 0 Å². The van der Waals surface area contributed by atoms with Gasteiger partial charge in [0.2, 0.25) is 0 Å². The number of para-hydroxylation sites is 1. The Morgan fingerprint density at radius 2 is 1.95 bits per heavy atom. The predicted octanol–water partition coefficient (Wildman–Crippen LogP) is 2.56. The van der Waals surface area contributed by atoms with Gasteiger partial charge >= 0.3 is 6.03 Å². The molecule has 1 atom stereocenters. The Morgan fingerprint density at radius 1 is 1.18 bits per heavy atom. The molecule has 2 aromatic carbocycles. The van der Waals surface area contributed by atoms with E-state index in [0.717, 1.165) is 5.56 Å². The third-order valence-corrected chi connectivity index (χ3v) is 2.96. The number of hydrogen-bond acceptors (Lipinski definition) is 3. The number of benzene rings is 2. The van der Waals surface area contributed by atoms with Gasteiger partial charge in [0.15, 0.2) is 0 Å². The van der Waals surface area contributed by atoms with Crippen LogP contribution in [-0.2, 0) is 0 Å². The smallest absolute Gasteiger partial charge is 0.319 e. The summed E-state index contributed by atoms with van der Waals surface area (Å²) in [6.07, 6.45) is -0.775. The second-order valence-corrected chi connectivity index (χ2v) is 4.98. The molecule has 0 aromatic heterocycles. The Balaban J connectivity index is 1.69. The summed E-state index contributed by atoms with van der Waals surface area (Å²) in [5.74, 6) is 0.686. The van der Waals surface area contributed by atoms with E-state index < -0.39 is 6.10 Å². The summed E-state index contributed by atoms with van der Waals surface area (Å²) < 4.78 is 5.41. The van der Waals surface area contributed by atoms with Crippen LogP contribution in [0.4, 0.5) is 10.5 Å².